The molecule has 1 spiro atoms. The first-order valence-electron chi connectivity index (χ1n) is 10.5. The molecular weight excluding hydrogens is 434 g/mol. The van der Waals surface area contributed by atoms with Crippen LogP contribution in [0.1, 0.15) is 23.2 Å². The van der Waals surface area contributed by atoms with E-state index in [0.717, 1.165) is 0 Å². The molecule has 2 saturated heterocycles. The van der Waals surface area contributed by atoms with Gasteiger partial charge in [-0.25, -0.2) is 4.98 Å². The van der Waals surface area contributed by atoms with Crippen molar-refractivity contribution in [2.45, 2.75) is 23.7 Å². The van der Waals surface area contributed by atoms with Crippen molar-refractivity contribution in [2.75, 3.05) is 44.2 Å². The number of likely N-dealkylation sites (tertiary alicyclic amines) is 1. The second-order valence-corrected chi connectivity index (χ2v) is 8.62. The quantitative estimate of drug-likeness (QED) is 0.684. The molecule has 0 bridgehead atoms. The second-order valence-electron chi connectivity index (χ2n) is 7.66. The molecule has 32 heavy (non-hydrogen) atoms. The number of carbonyl (C=O) groups is 2. The Kier molecular flexibility index (Phi) is 5.90. The molecule has 0 radical (unpaired) electrons. The zero-order valence-electron chi connectivity index (χ0n) is 17.4. The van der Waals surface area contributed by atoms with Crippen LogP contribution in [0.25, 0.3) is 0 Å². The number of ether oxygens (including phenoxy) is 4. The Morgan fingerprint density at radius 1 is 1.09 bits per heavy atom. The zero-order chi connectivity index (χ0) is 22.0. The van der Waals surface area contributed by atoms with Crippen LogP contribution in [0, 0.1) is 0 Å². The summed E-state index contributed by atoms with van der Waals surface area (Å²) in [7, 11) is 0. The number of hydrogen-bond donors (Lipinski definition) is 1. The van der Waals surface area contributed by atoms with Gasteiger partial charge in [-0.15, -0.1) is 0 Å². The van der Waals surface area contributed by atoms with Gasteiger partial charge in [-0.05, 0) is 24.3 Å². The number of aromatic nitrogens is 1. The van der Waals surface area contributed by atoms with Gasteiger partial charge in [0, 0.05) is 43.9 Å². The third-order valence-electron chi connectivity index (χ3n) is 5.62. The Labute approximate surface area is 189 Å². The summed E-state index contributed by atoms with van der Waals surface area (Å²) in [4.78, 5) is 31.7. The fourth-order valence-electron chi connectivity index (χ4n) is 3.98. The maximum Gasteiger partial charge on any atom is 0.256 e. The minimum atomic E-state index is -0.532. The van der Waals surface area contributed by atoms with Gasteiger partial charge in [0.15, 0.2) is 17.3 Å². The summed E-state index contributed by atoms with van der Waals surface area (Å²) in [6, 6.07) is 8.72. The Bertz CT molecular complexity index is 1020. The van der Waals surface area contributed by atoms with Gasteiger partial charge in [0.05, 0.1) is 24.5 Å². The lowest BCUT2D eigenvalue weighted by Crippen LogP contribution is -2.47. The molecule has 2 fully saturated rings. The molecule has 0 aliphatic carbocycles. The van der Waals surface area contributed by atoms with E-state index in [4.69, 9.17) is 18.9 Å². The first kappa shape index (κ1) is 21.0. The topological polar surface area (TPSA) is 99.2 Å². The van der Waals surface area contributed by atoms with Gasteiger partial charge in [0.1, 0.15) is 5.03 Å². The van der Waals surface area contributed by atoms with Crippen LogP contribution in [0.2, 0.25) is 0 Å². The number of anilines is 1. The van der Waals surface area contributed by atoms with Gasteiger partial charge in [-0.3, -0.25) is 9.59 Å². The highest BCUT2D eigenvalue weighted by molar-refractivity contribution is 8.00. The number of hydrogen-bond acceptors (Lipinski definition) is 8. The van der Waals surface area contributed by atoms with E-state index >= 15 is 0 Å². The average Bonchev–Trinajstić information content (AvgIpc) is 3.47. The minimum absolute atomic E-state index is 0.0929. The summed E-state index contributed by atoms with van der Waals surface area (Å²) in [5.41, 5.74) is 1.12. The molecule has 1 aromatic heterocycles. The Hall–Kier alpha value is -2.82. The molecule has 3 aliphatic rings. The SMILES string of the molecule is O=C(CSc1ncccc1C(=O)N1CCC2(CC1)OCCO2)Nc1ccc2c(c1)OCO2. The lowest BCUT2D eigenvalue weighted by atomic mass is 10.0. The number of nitrogens with zero attached hydrogens (tertiary/aromatic N) is 2. The average molecular weight is 458 g/mol. The third kappa shape index (κ3) is 4.38. The van der Waals surface area contributed by atoms with E-state index in [9.17, 15) is 9.59 Å². The molecule has 0 saturated carbocycles. The Balaban J connectivity index is 1.19. The fourth-order valence-corrected chi connectivity index (χ4v) is 4.77. The summed E-state index contributed by atoms with van der Waals surface area (Å²) in [6.45, 7) is 2.50. The molecule has 1 aromatic carbocycles. The standard InChI is InChI=1S/C22H23N3O6S/c26-19(24-15-3-4-17-18(12-15)29-14-28-17)13-32-20-16(2-1-7-23-20)21(27)25-8-5-22(6-9-25)30-10-11-31-22/h1-4,7,12H,5-6,8-11,13-14H2,(H,24,26). The van der Waals surface area contributed by atoms with E-state index in [1.165, 1.54) is 11.8 Å². The lowest BCUT2D eigenvalue weighted by Gasteiger charge is -2.37. The highest BCUT2D eigenvalue weighted by atomic mass is 32.2. The van der Waals surface area contributed by atoms with Gasteiger partial charge in [0.2, 0.25) is 12.7 Å². The van der Waals surface area contributed by atoms with Crippen molar-refractivity contribution >= 4 is 29.3 Å². The number of fused-ring (bicyclic) bond motifs is 1. The fraction of sp³-hybridized carbons (Fsp3) is 0.409. The molecule has 3 aliphatic heterocycles. The van der Waals surface area contributed by atoms with Crippen molar-refractivity contribution in [3.8, 4) is 11.5 Å². The molecule has 2 aromatic rings. The van der Waals surface area contributed by atoms with Crippen LogP contribution in [0.4, 0.5) is 5.69 Å². The van der Waals surface area contributed by atoms with Gasteiger partial charge >= 0.3 is 0 Å². The highest BCUT2D eigenvalue weighted by Crippen LogP contribution is 2.35. The minimum Gasteiger partial charge on any atom is -0.454 e. The normalized spacial score (nSPS) is 18.7. The molecule has 168 valence electrons. The summed E-state index contributed by atoms with van der Waals surface area (Å²) in [6.07, 6.45) is 2.93. The van der Waals surface area contributed by atoms with Gasteiger partial charge in [-0.2, -0.15) is 0 Å². The van der Waals surface area contributed by atoms with E-state index in [1.54, 1.807) is 41.4 Å². The zero-order valence-corrected chi connectivity index (χ0v) is 18.2. The summed E-state index contributed by atoms with van der Waals surface area (Å²) >= 11 is 1.24. The molecule has 9 nitrogen and oxygen atoms in total. The van der Waals surface area contributed by atoms with E-state index < -0.39 is 5.79 Å². The van der Waals surface area contributed by atoms with Gasteiger partial charge < -0.3 is 29.2 Å². The molecular formula is C22H23N3O6S. The highest BCUT2D eigenvalue weighted by Gasteiger charge is 2.41. The predicted octanol–water partition coefficient (Wildman–Crippen LogP) is 2.52. The van der Waals surface area contributed by atoms with Crippen molar-refractivity contribution in [3.05, 3.63) is 42.1 Å². The van der Waals surface area contributed by atoms with Crippen molar-refractivity contribution in [2.24, 2.45) is 0 Å². The van der Waals surface area contributed by atoms with Gasteiger partial charge in [0.25, 0.3) is 5.91 Å². The van der Waals surface area contributed by atoms with Crippen LogP contribution < -0.4 is 14.8 Å². The monoisotopic (exact) mass is 457 g/mol. The number of thioether (sulfide) groups is 1. The molecule has 2 amide bonds. The van der Waals surface area contributed by atoms with Crippen molar-refractivity contribution < 1.29 is 28.5 Å². The van der Waals surface area contributed by atoms with Crippen molar-refractivity contribution in [1.82, 2.24) is 9.88 Å². The van der Waals surface area contributed by atoms with Crippen LogP contribution in [-0.4, -0.2) is 66.3 Å². The van der Waals surface area contributed by atoms with Crippen molar-refractivity contribution in [1.29, 1.82) is 0 Å². The van der Waals surface area contributed by atoms with Crippen LogP contribution >= 0.6 is 11.8 Å². The maximum absolute atomic E-state index is 13.1. The maximum atomic E-state index is 13.1. The first-order valence-corrected chi connectivity index (χ1v) is 11.4. The number of nitrogens with one attached hydrogen (secondary N) is 1. The van der Waals surface area contributed by atoms with Crippen LogP contribution in [0.3, 0.4) is 0 Å². The van der Waals surface area contributed by atoms with E-state index in [-0.39, 0.29) is 24.4 Å². The molecule has 5 rings (SSSR count). The summed E-state index contributed by atoms with van der Waals surface area (Å²) in [5, 5.41) is 3.37. The molecule has 0 unspecified atom stereocenters. The van der Waals surface area contributed by atoms with Crippen molar-refractivity contribution in [3.63, 3.8) is 0 Å². The van der Waals surface area contributed by atoms with Crippen LogP contribution in [0.15, 0.2) is 41.6 Å². The van der Waals surface area contributed by atoms with E-state index in [0.29, 0.717) is 66.9 Å². The number of carbonyl (C=O) groups excluding carboxylic acids is 2. The number of amides is 2. The molecule has 10 heteroatoms. The van der Waals surface area contributed by atoms with Crippen LogP contribution in [0.5, 0.6) is 11.5 Å². The number of pyridine rings is 1. The lowest BCUT2D eigenvalue weighted by molar-refractivity contribution is -0.181. The van der Waals surface area contributed by atoms with Gasteiger partial charge in [-0.1, -0.05) is 11.8 Å². The molecule has 0 atom stereocenters. The number of rotatable bonds is 5. The smallest absolute Gasteiger partial charge is 0.256 e. The number of piperidine rings is 1. The van der Waals surface area contributed by atoms with E-state index in [2.05, 4.69) is 10.3 Å². The number of benzene rings is 1. The Morgan fingerprint density at radius 2 is 1.88 bits per heavy atom. The predicted molar refractivity (Wildman–Crippen MR) is 116 cm³/mol. The summed E-state index contributed by atoms with van der Waals surface area (Å²) < 4.78 is 22.1. The third-order valence-corrected chi connectivity index (χ3v) is 6.63. The summed E-state index contributed by atoms with van der Waals surface area (Å²) in [5.74, 6) is 0.554. The van der Waals surface area contributed by atoms with Crippen LogP contribution in [-0.2, 0) is 14.3 Å². The van der Waals surface area contributed by atoms with E-state index in [1.807, 2.05) is 0 Å². The Morgan fingerprint density at radius 3 is 2.69 bits per heavy atom. The first-order chi connectivity index (χ1) is 15.6. The molecule has 4 heterocycles. The second kappa shape index (κ2) is 8.97. The molecule has 1 N–H and O–H groups in total. The largest absolute Gasteiger partial charge is 0.454 e.